The van der Waals surface area contributed by atoms with Crippen molar-refractivity contribution in [2.24, 2.45) is 4.99 Å². The molecule has 7 heteroatoms. The molecule has 2 aromatic rings. The minimum atomic E-state index is 0. The third-order valence-electron chi connectivity index (χ3n) is 3.47. The van der Waals surface area contributed by atoms with Gasteiger partial charge < -0.3 is 20.1 Å². The van der Waals surface area contributed by atoms with E-state index in [4.69, 9.17) is 9.47 Å². The van der Waals surface area contributed by atoms with Gasteiger partial charge in [0.15, 0.2) is 17.5 Å². The van der Waals surface area contributed by atoms with E-state index >= 15 is 0 Å². The standard InChI is InChI=1S/C18H25N3O2S.HI/c1-4-19-18(21-13-15-6-5-11-24-15)20-10-9-14-7-8-16(22-2)17(12-14)23-3;/h5-8,11-12H,4,9-10,13H2,1-3H3,(H2,19,20,21);1H. The number of benzene rings is 1. The highest BCUT2D eigenvalue weighted by molar-refractivity contribution is 14.0. The summed E-state index contributed by atoms with van der Waals surface area (Å²) in [5.41, 5.74) is 1.19. The first-order valence-electron chi connectivity index (χ1n) is 8.02. The molecule has 0 radical (unpaired) electrons. The molecule has 25 heavy (non-hydrogen) atoms. The number of thiophene rings is 1. The van der Waals surface area contributed by atoms with Crippen LogP contribution in [0.4, 0.5) is 0 Å². The van der Waals surface area contributed by atoms with E-state index < -0.39 is 0 Å². The Kier molecular flexibility index (Phi) is 10.3. The number of halogens is 1. The molecular formula is C18H26IN3O2S. The number of ether oxygens (including phenoxy) is 2. The summed E-state index contributed by atoms with van der Waals surface area (Å²) in [7, 11) is 3.30. The zero-order valence-corrected chi connectivity index (χ0v) is 18.0. The van der Waals surface area contributed by atoms with Crippen LogP contribution in [-0.2, 0) is 13.0 Å². The highest BCUT2D eigenvalue weighted by Crippen LogP contribution is 2.27. The second-order valence-corrected chi connectivity index (χ2v) is 6.17. The van der Waals surface area contributed by atoms with Gasteiger partial charge in [0, 0.05) is 18.0 Å². The van der Waals surface area contributed by atoms with Crippen LogP contribution in [0.3, 0.4) is 0 Å². The average molecular weight is 475 g/mol. The summed E-state index contributed by atoms with van der Waals surface area (Å²) < 4.78 is 10.6. The van der Waals surface area contributed by atoms with Gasteiger partial charge in [-0.3, -0.25) is 0 Å². The SMILES string of the molecule is CCNC(=NCc1cccs1)NCCc1ccc(OC)c(OC)c1.I. The van der Waals surface area contributed by atoms with Crippen LogP contribution in [0, 0.1) is 0 Å². The van der Waals surface area contributed by atoms with E-state index in [1.165, 1.54) is 10.4 Å². The van der Waals surface area contributed by atoms with Crippen LogP contribution in [0.2, 0.25) is 0 Å². The van der Waals surface area contributed by atoms with Crippen LogP contribution in [0.1, 0.15) is 17.4 Å². The summed E-state index contributed by atoms with van der Waals surface area (Å²) in [6.45, 7) is 4.40. The van der Waals surface area contributed by atoms with Crippen molar-refractivity contribution in [3.8, 4) is 11.5 Å². The molecule has 0 saturated heterocycles. The van der Waals surface area contributed by atoms with Crippen LogP contribution in [0.25, 0.3) is 0 Å². The van der Waals surface area contributed by atoms with E-state index in [-0.39, 0.29) is 24.0 Å². The molecule has 5 nitrogen and oxygen atoms in total. The van der Waals surface area contributed by atoms with Crippen LogP contribution in [0.5, 0.6) is 11.5 Å². The molecule has 0 unspecified atom stereocenters. The molecular weight excluding hydrogens is 449 g/mol. The van der Waals surface area contributed by atoms with Crippen molar-refractivity contribution in [1.29, 1.82) is 0 Å². The van der Waals surface area contributed by atoms with Crippen molar-refractivity contribution in [2.45, 2.75) is 19.9 Å². The van der Waals surface area contributed by atoms with E-state index in [1.54, 1.807) is 25.6 Å². The van der Waals surface area contributed by atoms with Gasteiger partial charge in [0.1, 0.15) is 0 Å². The highest BCUT2D eigenvalue weighted by Gasteiger charge is 2.05. The fourth-order valence-electron chi connectivity index (χ4n) is 2.26. The van der Waals surface area contributed by atoms with Crippen LogP contribution in [-0.4, -0.2) is 33.3 Å². The number of hydrogen-bond donors (Lipinski definition) is 2. The molecule has 0 saturated carbocycles. The normalized spacial score (nSPS) is 10.8. The lowest BCUT2D eigenvalue weighted by Crippen LogP contribution is -2.38. The van der Waals surface area contributed by atoms with Crippen LogP contribution < -0.4 is 20.1 Å². The van der Waals surface area contributed by atoms with Gasteiger partial charge in [-0.25, -0.2) is 4.99 Å². The van der Waals surface area contributed by atoms with E-state index in [1.807, 2.05) is 18.2 Å². The van der Waals surface area contributed by atoms with Gasteiger partial charge in [0.05, 0.1) is 20.8 Å². The molecule has 0 aliphatic carbocycles. The topological polar surface area (TPSA) is 54.9 Å². The quantitative estimate of drug-likeness (QED) is 0.348. The van der Waals surface area contributed by atoms with Gasteiger partial charge in [0.25, 0.3) is 0 Å². The first kappa shape index (κ1) is 21.6. The largest absolute Gasteiger partial charge is 0.493 e. The summed E-state index contributed by atoms with van der Waals surface area (Å²) in [6.07, 6.45) is 0.879. The Labute approximate surface area is 170 Å². The Hall–Kier alpha value is -1.48. The highest BCUT2D eigenvalue weighted by atomic mass is 127. The molecule has 1 aromatic carbocycles. The summed E-state index contributed by atoms with van der Waals surface area (Å²) in [4.78, 5) is 5.86. The summed E-state index contributed by atoms with van der Waals surface area (Å²) in [6, 6.07) is 10.1. The van der Waals surface area contributed by atoms with Crippen molar-refractivity contribution in [3.63, 3.8) is 0 Å². The van der Waals surface area contributed by atoms with Gasteiger partial charge in [-0.2, -0.15) is 0 Å². The molecule has 0 spiro atoms. The van der Waals surface area contributed by atoms with E-state index in [9.17, 15) is 0 Å². The van der Waals surface area contributed by atoms with Crippen molar-refractivity contribution in [1.82, 2.24) is 10.6 Å². The number of nitrogens with one attached hydrogen (secondary N) is 2. The maximum atomic E-state index is 5.34. The molecule has 0 aliphatic rings. The molecule has 1 heterocycles. The lowest BCUT2D eigenvalue weighted by Gasteiger charge is -2.12. The minimum Gasteiger partial charge on any atom is -0.493 e. The second-order valence-electron chi connectivity index (χ2n) is 5.14. The lowest BCUT2D eigenvalue weighted by molar-refractivity contribution is 0.354. The van der Waals surface area contributed by atoms with Gasteiger partial charge >= 0.3 is 0 Å². The lowest BCUT2D eigenvalue weighted by atomic mass is 10.1. The number of guanidine groups is 1. The van der Waals surface area contributed by atoms with E-state index in [0.29, 0.717) is 6.54 Å². The molecule has 0 fully saturated rings. The third-order valence-corrected chi connectivity index (χ3v) is 4.33. The molecule has 0 bridgehead atoms. The summed E-state index contributed by atoms with van der Waals surface area (Å²) in [5.74, 6) is 2.35. The van der Waals surface area contributed by atoms with Gasteiger partial charge in [-0.15, -0.1) is 35.3 Å². The van der Waals surface area contributed by atoms with E-state index in [0.717, 1.165) is 37.0 Å². The Morgan fingerprint density at radius 3 is 2.56 bits per heavy atom. The van der Waals surface area contributed by atoms with E-state index in [2.05, 4.69) is 40.1 Å². The van der Waals surface area contributed by atoms with Gasteiger partial charge in [-0.05, 0) is 42.5 Å². The molecule has 2 N–H and O–H groups in total. The Morgan fingerprint density at radius 1 is 1.12 bits per heavy atom. The van der Waals surface area contributed by atoms with Crippen molar-refractivity contribution in [2.75, 3.05) is 27.3 Å². The Bertz CT molecular complexity index is 648. The first-order valence-corrected chi connectivity index (χ1v) is 8.90. The smallest absolute Gasteiger partial charge is 0.191 e. The third kappa shape index (κ3) is 7.11. The van der Waals surface area contributed by atoms with Crippen molar-refractivity contribution >= 4 is 41.3 Å². The fraction of sp³-hybridized carbons (Fsp3) is 0.389. The predicted molar refractivity (Wildman–Crippen MR) is 116 cm³/mol. The van der Waals surface area contributed by atoms with Gasteiger partial charge in [0.2, 0.25) is 0 Å². The average Bonchev–Trinajstić information content (AvgIpc) is 3.13. The Balaban J connectivity index is 0.00000312. The first-order chi connectivity index (χ1) is 11.8. The zero-order chi connectivity index (χ0) is 17.2. The monoisotopic (exact) mass is 475 g/mol. The number of hydrogen-bond acceptors (Lipinski definition) is 4. The Morgan fingerprint density at radius 2 is 1.92 bits per heavy atom. The van der Waals surface area contributed by atoms with Gasteiger partial charge in [-0.1, -0.05) is 12.1 Å². The number of methoxy groups -OCH3 is 2. The fourth-order valence-corrected chi connectivity index (χ4v) is 2.89. The molecule has 0 amide bonds. The molecule has 2 rings (SSSR count). The maximum Gasteiger partial charge on any atom is 0.191 e. The molecule has 138 valence electrons. The summed E-state index contributed by atoms with van der Waals surface area (Å²) in [5, 5.41) is 8.71. The number of nitrogens with zero attached hydrogens (tertiary/aromatic N) is 1. The van der Waals surface area contributed by atoms with Crippen molar-refractivity contribution < 1.29 is 9.47 Å². The molecule has 0 atom stereocenters. The minimum absolute atomic E-state index is 0. The molecule has 0 aliphatic heterocycles. The van der Waals surface area contributed by atoms with Crippen LogP contribution in [0.15, 0.2) is 40.7 Å². The van der Waals surface area contributed by atoms with Crippen LogP contribution >= 0.6 is 35.3 Å². The maximum absolute atomic E-state index is 5.34. The summed E-state index contributed by atoms with van der Waals surface area (Å²) >= 11 is 1.72. The second kappa shape index (κ2) is 12.0. The number of rotatable bonds is 8. The van der Waals surface area contributed by atoms with Crippen molar-refractivity contribution in [3.05, 3.63) is 46.2 Å². The number of aliphatic imine (C=N–C) groups is 1. The zero-order valence-electron chi connectivity index (χ0n) is 14.9. The molecule has 1 aromatic heterocycles. The predicted octanol–water partition coefficient (Wildman–Crippen LogP) is 3.68.